The molecule has 2 aromatic rings. The molecule has 5 heteroatoms. The minimum atomic E-state index is -0.710. The van der Waals surface area contributed by atoms with Gasteiger partial charge in [-0.05, 0) is 44.7 Å². The van der Waals surface area contributed by atoms with Gasteiger partial charge in [-0.3, -0.25) is 4.79 Å². The van der Waals surface area contributed by atoms with Crippen molar-refractivity contribution in [1.29, 1.82) is 5.26 Å². The molecule has 1 aromatic carbocycles. The molecule has 22 heavy (non-hydrogen) atoms. The molecule has 1 aromatic heterocycles. The number of amides is 1. The van der Waals surface area contributed by atoms with Crippen LogP contribution in [0.3, 0.4) is 0 Å². The molecule has 1 N–H and O–H groups in total. The zero-order valence-electron chi connectivity index (χ0n) is 12.5. The average molecular weight is 294 g/mol. The molecule has 0 atom stereocenters. The van der Waals surface area contributed by atoms with E-state index in [1.54, 1.807) is 10.9 Å². The van der Waals surface area contributed by atoms with Crippen LogP contribution in [0.2, 0.25) is 0 Å². The third-order valence-corrected chi connectivity index (χ3v) is 4.28. The van der Waals surface area contributed by atoms with Crippen molar-refractivity contribution in [2.45, 2.75) is 38.1 Å². The maximum Gasteiger partial charge on any atom is 0.256 e. The van der Waals surface area contributed by atoms with E-state index in [1.807, 2.05) is 37.3 Å². The van der Waals surface area contributed by atoms with Crippen LogP contribution < -0.4 is 5.32 Å². The molecule has 112 valence electrons. The monoisotopic (exact) mass is 294 g/mol. The first-order valence-corrected chi connectivity index (χ1v) is 7.49. The molecule has 1 saturated carbocycles. The Morgan fingerprint density at radius 3 is 2.64 bits per heavy atom. The quantitative estimate of drug-likeness (QED) is 0.946. The molecule has 1 amide bonds. The molecule has 0 saturated heterocycles. The largest absolute Gasteiger partial charge is 0.334 e. The second-order valence-corrected chi connectivity index (χ2v) is 5.75. The van der Waals surface area contributed by atoms with Crippen molar-refractivity contribution in [1.82, 2.24) is 15.1 Å². The fraction of sp³-hybridized carbons (Fsp3) is 0.353. The van der Waals surface area contributed by atoms with Crippen molar-refractivity contribution >= 4 is 5.91 Å². The maximum atomic E-state index is 12.5. The summed E-state index contributed by atoms with van der Waals surface area (Å²) in [7, 11) is 0. The van der Waals surface area contributed by atoms with Crippen LogP contribution in [0, 0.1) is 18.3 Å². The van der Waals surface area contributed by atoms with Gasteiger partial charge in [0.25, 0.3) is 5.91 Å². The first-order chi connectivity index (χ1) is 10.7. The summed E-state index contributed by atoms with van der Waals surface area (Å²) >= 11 is 0. The molecule has 3 rings (SSSR count). The van der Waals surface area contributed by atoms with Gasteiger partial charge in [-0.25, -0.2) is 4.68 Å². The van der Waals surface area contributed by atoms with E-state index in [1.165, 1.54) is 0 Å². The Hall–Kier alpha value is -2.61. The smallest absolute Gasteiger partial charge is 0.256 e. The fourth-order valence-corrected chi connectivity index (χ4v) is 2.99. The molecule has 0 spiro atoms. The molecule has 1 aliphatic carbocycles. The standard InChI is InChI=1S/C17H18N4O/c1-13-15(11-19-21(13)14-7-3-2-4-8-14)16(22)20-17(12-18)9-5-6-10-17/h2-4,7-8,11H,5-6,9-10H2,1H3,(H,20,22). The van der Waals surface area contributed by atoms with E-state index in [4.69, 9.17) is 0 Å². The predicted molar refractivity (Wildman–Crippen MR) is 82.6 cm³/mol. The Morgan fingerprint density at radius 2 is 2.00 bits per heavy atom. The van der Waals surface area contributed by atoms with Gasteiger partial charge in [0.15, 0.2) is 0 Å². The van der Waals surface area contributed by atoms with E-state index >= 15 is 0 Å². The van der Waals surface area contributed by atoms with E-state index in [0.29, 0.717) is 5.56 Å². The average Bonchev–Trinajstić information content (AvgIpc) is 3.15. The van der Waals surface area contributed by atoms with Crippen LogP contribution in [0.4, 0.5) is 0 Å². The minimum absolute atomic E-state index is 0.219. The second-order valence-electron chi connectivity index (χ2n) is 5.75. The summed E-state index contributed by atoms with van der Waals surface area (Å²) in [6.07, 6.45) is 4.98. The van der Waals surface area contributed by atoms with E-state index < -0.39 is 5.54 Å². The number of nitrogens with zero attached hydrogens (tertiary/aromatic N) is 3. The molecule has 5 nitrogen and oxygen atoms in total. The van der Waals surface area contributed by atoms with Crippen molar-refractivity contribution in [2.75, 3.05) is 0 Å². The summed E-state index contributed by atoms with van der Waals surface area (Å²) in [6, 6.07) is 12.0. The number of aromatic nitrogens is 2. The van der Waals surface area contributed by atoms with E-state index in [9.17, 15) is 10.1 Å². The molecule has 0 radical (unpaired) electrons. The third kappa shape index (κ3) is 2.48. The van der Waals surface area contributed by atoms with Crippen LogP contribution in [-0.4, -0.2) is 21.2 Å². The van der Waals surface area contributed by atoms with Crippen LogP contribution in [0.25, 0.3) is 5.69 Å². The summed E-state index contributed by atoms with van der Waals surface area (Å²) < 4.78 is 1.74. The molecule has 1 fully saturated rings. The SMILES string of the molecule is Cc1c(C(=O)NC2(C#N)CCCC2)cnn1-c1ccccc1. The number of carbonyl (C=O) groups is 1. The van der Waals surface area contributed by atoms with Crippen molar-refractivity contribution in [3.05, 3.63) is 47.8 Å². The number of benzene rings is 1. The van der Waals surface area contributed by atoms with Crippen molar-refractivity contribution in [3.8, 4) is 11.8 Å². The van der Waals surface area contributed by atoms with Gasteiger partial charge in [0, 0.05) is 0 Å². The highest BCUT2D eigenvalue weighted by molar-refractivity contribution is 5.96. The Labute approximate surface area is 129 Å². The number of hydrogen-bond acceptors (Lipinski definition) is 3. The maximum absolute atomic E-state index is 12.5. The number of rotatable bonds is 3. The van der Waals surface area contributed by atoms with Gasteiger partial charge in [0.05, 0.1) is 29.2 Å². The number of hydrogen-bond donors (Lipinski definition) is 1. The van der Waals surface area contributed by atoms with Gasteiger partial charge >= 0.3 is 0 Å². The van der Waals surface area contributed by atoms with E-state index in [2.05, 4.69) is 16.5 Å². The summed E-state index contributed by atoms with van der Waals surface area (Å²) in [5, 5.41) is 16.6. The normalized spacial score (nSPS) is 16.2. The lowest BCUT2D eigenvalue weighted by Gasteiger charge is -2.21. The van der Waals surface area contributed by atoms with Crippen molar-refractivity contribution in [3.63, 3.8) is 0 Å². The Balaban J connectivity index is 1.86. The molecule has 1 aliphatic rings. The lowest BCUT2D eigenvalue weighted by Crippen LogP contribution is -2.45. The first-order valence-electron chi connectivity index (χ1n) is 7.49. The number of carbonyl (C=O) groups excluding carboxylic acids is 1. The van der Waals surface area contributed by atoms with Gasteiger partial charge in [-0.15, -0.1) is 0 Å². The zero-order valence-corrected chi connectivity index (χ0v) is 12.5. The molecule has 0 aliphatic heterocycles. The van der Waals surface area contributed by atoms with Crippen LogP contribution in [0.5, 0.6) is 0 Å². The number of nitriles is 1. The molecule has 0 unspecified atom stereocenters. The van der Waals surface area contributed by atoms with Gasteiger partial charge < -0.3 is 5.32 Å². The highest BCUT2D eigenvalue weighted by atomic mass is 16.1. The Bertz CT molecular complexity index is 721. The molecular weight excluding hydrogens is 276 g/mol. The molecule has 1 heterocycles. The second kappa shape index (κ2) is 5.64. The topological polar surface area (TPSA) is 70.7 Å². The first kappa shape index (κ1) is 14.3. The van der Waals surface area contributed by atoms with Crippen LogP contribution in [0.15, 0.2) is 36.5 Å². The van der Waals surface area contributed by atoms with Gasteiger partial charge in [-0.2, -0.15) is 10.4 Å². The number of para-hydroxylation sites is 1. The van der Waals surface area contributed by atoms with E-state index in [0.717, 1.165) is 37.1 Å². The lowest BCUT2D eigenvalue weighted by atomic mass is 9.99. The van der Waals surface area contributed by atoms with Crippen molar-refractivity contribution < 1.29 is 4.79 Å². The number of nitrogens with one attached hydrogen (secondary N) is 1. The third-order valence-electron chi connectivity index (χ3n) is 4.28. The Morgan fingerprint density at radius 1 is 1.32 bits per heavy atom. The zero-order chi connectivity index (χ0) is 15.6. The molecule has 0 bridgehead atoms. The summed E-state index contributed by atoms with van der Waals surface area (Å²) in [5.41, 5.74) is 1.49. The van der Waals surface area contributed by atoms with Crippen molar-refractivity contribution in [2.24, 2.45) is 0 Å². The van der Waals surface area contributed by atoms with Gasteiger partial charge in [0.1, 0.15) is 5.54 Å². The minimum Gasteiger partial charge on any atom is -0.334 e. The summed E-state index contributed by atoms with van der Waals surface area (Å²) in [6.45, 7) is 1.86. The van der Waals surface area contributed by atoms with Gasteiger partial charge in [0.2, 0.25) is 0 Å². The lowest BCUT2D eigenvalue weighted by molar-refractivity contribution is 0.0920. The van der Waals surface area contributed by atoms with Crippen LogP contribution >= 0.6 is 0 Å². The fourth-order valence-electron chi connectivity index (χ4n) is 2.99. The van der Waals surface area contributed by atoms with E-state index in [-0.39, 0.29) is 5.91 Å². The van der Waals surface area contributed by atoms with Gasteiger partial charge in [-0.1, -0.05) is 18.2 Å². The Kier molecular flexibility index (Phi) is 3.68. The van der Waals surface area contributed by atoms with Crippen LogP contribution in [-0.2, 0) is 0 Å². The highest BCUT2D eigenvalue weighted by Gasteiger charge is 2.36. The van der Waals surface area contributed by atoms with Crippen LogP contribution in [0.1, 0.15) is 41.7 Å². The predicted octanol–water partition coefficient (Wildman–Crippen LogP) is 2.75. The summed E-state index contributed by atoms with van der Waals surface area (Å²) in [5.74, 6) is -0.219. The summed E-state index contributed by atoms with van der Waals surface area (Å²) in [4.78, 5) is 12.5. The highest BCUT2D eigenvalue weighted by Crippen LogP contribution is 2.29. The molecular formula is C17H18N4O.